The highest BCUT2D eigenvalue weighted by atomic mass is 16.6. The van der Waals surface area contributed by atoms with Gasteiger partial charge in [0.05, 0.1) is 24.3 Å². The lowest BCUT2D eigenvalue weighted by Gasteiger charge is -2.10. The first-order valence-electron chi connectivity index (χ1n) is 11.5. The first-order valence-corrected chi connectivity index (χ1v) is 11.5. The molecule has 0 fully saturated rings. The van der Waals surface area contributed by atoms with Crippen molar-refractivity contribution < 1.29 is 23.9 Å². The van der Waals surface area contributed by atoms with Gasteiger partial charge in [0.15, 0.2) is 5.82 Å². The number of hydrogen-bond acceptors (Lipinski definition) is 8. The third kappa shape index (κ3) is 6.27. The molecule has 0 saturated heterocycles. The van der Waals surface area contributed by atoms with Crippen molar-refractivity contribution >= 4 is 17.3 Å². The number of carbonyl (C=O) groups excluding carboxylic acids is 1. The maximum Gasteiger partial charge on any atom is 0.336 e. The molecule has 11 heteroatoms. The fourth-order valence-corrected chi connectivity index (χ4v) is 3.50. The van der Waals surface area contributed by atoms with Crippen LogP contribution in [-0.4, -0.2) is 52.5 Å². The summed E-state index contributed by atoms with van der Waals surface area (Å²) in [5.41, 5.74) is 1.84. The number of ether oxygens (including phenoxy) is 3. The Hall–Kier alpha value is -4.77. The zero-order valence-corrected chi connectivity index (χ0v) is 20.3. The second-order valence-electron chi connectivity index (χ2n) is 7.72. The van der Waals surface area contributed by atoms with Crippen molar-refractivity contribution in [1.82, 2.24) is 14.8 Å². The molecule has 3 aromatic carbocycles. The molecular formula is C26H25N5O6. The number of nitro groups is 1. The molecule has 0 aliphatic carbocycles. The Labute approximate surface area is 212 Å². The summed E-state index contributed by atoms with van der Waals surface area (Å²) in [4.78, 5) is 27.8. The van der Waals surface area contributed by atoms with Crippen LogP contribution >= 0.6 is 0 Å². The number of nitrogens with one attached hydrogen (secondary N) is 1. The van der Waals surface area contributed by atoms with E-state index in [1.807, 2.05) is 37.3 Å². The monoisotopic (exact) mass is 503 g/mol. The van der Waals surface area contributed by atoms with Crippen LogP contribution in [0.4, 0.5) is 11.4 Å². The molecule has 1 N–H and O–H groups in total. The van der Waals surface area contributed by atoms with Crippen molar-refractivity contribution in [2.75, 3.05) is 32.2 Å². The highest BCUT2D eigenvalue weighted by Crippen LogP contribution is 2.27. The Bertz CT molecular complexity index is 1400. The number of carbonyl (C=O) groups is 1. The van der Waals surface area contributed by atoms with Crippen LogP contribution in [0.3, 0.4) is 0 Å². The number of nitrogens with zero attached hydrogens (tertiary/aromatic N) is 4. The summed E-state index contributed by atoms with van der Waals surface area (Å²) >= 11 is 0. The summed E-state index contributed by atoms with van der Waals surface area (Å²) in [6.07, 6.45) is 0. The highest BCUT2D eigenvalue weighted by Gasteiger charge is 2.17. The number of amides is 1. The van der Waals surface area contributed by atoms with Gasteiger partial charge in [-0.2, -0.15) is 4.98 Å². The number of anilines is 1. The van der Waals surface area contributed by atoms with E-state index in [1.54, 1.807) is 30.0 Å². The molecule has 0 radical (unpaired) electrons. The van der Waals surface area contributed by atoms with E-state index in [-0.39, 0.29) is 23.9 Å². The molecule has 0 spiro atoms. The van der Waals surface area contributed by atoms with Crippen LogP contribution in [0.5, 0.6) is 11.8 Å². The molecule has 190 valence electrons. The third-order valence-electron chi connectivity index (χ3n) is 5.25. The number of non-ortho nitro benzene ring substituents is 1. The third-order valence-corrected chi connectivity index (χ3v) is 5.25. The minimum absolute atomic E-state index is 0.163. The van der Waals surface area contributed by atoms with Crippen LogP contribution in [0.15, 0.2) is 72.8 Å². The summed E-state index contributed by atoms with van der Waals surface area (Å²) in [5.74, 6) is 0.684. The molecule has 1 amide bonds. The second-order valence-corrected chi connectivity index (χ2v) is 7.72. The smallest absolute Gasteiger partial charge is 0.336 e. The molecule has 37 heavy (non-hydrogen) atoms. The van der Waals surface area contributed by atoms with Gasteiger partial charge in [0.25, 0.3) is 11.6 Å². The highest BCUT2D eigenvalue weighted by molar-refractivity contribution is 6.04. The van der Waals surface area contributed by atoms with Gasteiger partial charge >= 0.3 is 6.01 Å². The summed E-state index contributed by atoms with van der Waals surface area (Å²) in [6, 6.07) is 20.1. The van der Waals surface area contributed by atoms with E-state index in [0.29, 0.717) is 36.2 Å². The molecular weight excluding hydrogens is 478 g/mol. The van der Waals surface area contributed by atoms with Gasteiger partial charge in [-0.3, -0.25) is 14.9 Å². The minimum atomic E-state index is -0.545. The lowest BCUT2D eigenvalue weighted by Crippen LogP contribution is -2.12. The van der Waals surface area contributed by atoms with Gasteiger partial charge in [-0.25, -0.2) is 4.68 Å². The Morgan fingerprint density at radius 1 is 1.05 bits per heavy atom. The number of methoxy groups -OCH3 is 1. The first-order chi connectivity index (χ1) is 18.0. The van der Waals surface area contributed by atoms with Crippen LogP contribution in [0.25, 0.3) is 17.1 Å². The van der Waals surface area contributed by atoms with Gasteiger partial charge in [0.1, 0.15) is 12.4 Å². The Morgan fingerprint density at radius 3 is 2.65 bits per heavy atom. The zero-order chi connectivity index (χ0) is 26.2. The van der Waals surface area contributed by atoms with E-state index in [0.717, 1.165) is 5.56 Å². The zero-order valence-electron chi connectivity index (χ0n) is 20.3. The molecule has 11 nitrogen and oxygen atoms in total. The predicted molar refractivity (Wildman–Crippen MR) is 136 cm³/mol. The van der Waals surface area contributed by atoms with Crippen LogP contribution in [0, 0.1) is 10.1 Å². The Kier molecular flexibility index (Phi) is 8.06. The number of benzene rings is 3. The molecule has 0 unspecified atom stereocenters. The molecule has 4 aromatic rings. The van der Waals surface area contributed by atoms with E-state index in [2.05, 4.69) is 15.4 Å². The molecule has 1 aromatic heterocycles. The fraction of sp³-hybridized carbons (Fsp3) is 0.192. The maximum atomic E-state index is 12.8. The van der Waals surface area contributed by atoms with Crippen molar-refractivity contribution in [3.8, 4) is 28.8 Å². The molecule has 1 heterocycles. The van der Waals surface area contributed by atoms with Crippen molar-refractivity contribution in [3.05, 3.63) is 88.5 Å². The van der Waals surface area contributed by atoms with E-state index in [1.165, 1.54) is 24.3 Å². The van der Waals surface area contributed by atoms with Crippen LogP contribution in [-0.2, 0) is 4.74 Å². The number of rotatable bonds is 11. The number of aromatic nitrogens is 3. The number of nitro benzene ring substituents is 1. The van der Waals surface area contributed by atoms with Gasteiger partial charge in [0, 0.05) is 35.6 Å². The van der Waals surface area contributed by atoms with Gasteiger partial charge < -0.3 is 19.5 Å². The van der Waals surface area contributed by atoms with Crippen molar-refractivity contribution in [2.24, 2.45) is 0 Å². The van der Waals surface area contributed by atoms with E-state index in [4.69, 9.17) is 14.2 Å². The summed E-state index contributed by atoms with van der Waals surface area (Å²) in [5, 5.41) is 18.4. The maximum absolute atomic E-state index is 12.8. The largest absolute Gasteiger partial charge is 0.497 e. The second kappa shape index (κ2) is 11.8. The fourth-order valence-electron chi connectivity index (χ4n) is 3.50. The lowest BCUT2D eigenvalue weighted by molar-refractivity contribution is -0.384. The SMILES string of the molecule is CCOCCOc1nc(-c2cccc(OC)c2)n(-c2cccc(NC(=O)c3cccc([N+](=O)[O-])c3)c2)n1. The Morgan fingerprint density at radius 2 is 1.86 bits per heavy atom. The van der Waals surface area contributed by atoms with Crippen molar-refractivity contribution in [1.29, 1.82) is 0 Å². The van der Waals surface area contributed by atoms with Crippen molar-refractivity contribution in [3.63, 3.8) is 0 Å². The van der Waals surface area contributed by atoms with Gasteiger partial charge in [-0.1, -0.05) is 24.3 Å². The normalized spacial score (nSPS) is 10.6. The lowest BCUT2D eigenvalue weighted by atomic mass is 10.1. The van der Waals surface area contributed by atoms with Crippen molar-refractivity contribution in [2.45, 2.75) is 6.92 Å². The molecule has 0 aliphatic heterocycles. The molecule has 4 rings (SSSR count). The topological polar surface area (TPSA) is 131 Å². The van der Waals surface area contributed by atoms with Crippen LogP contribution in [0.2, 0.25) is 0 Å². The predicted octanol–water partition coefficient (Wildman–Crippen LogP) is 4.52. The van der Waals surface area contributed by atoms with Crippen LogP contribution < -0.4 is 14.8 Å². The molecule has 0 bridgehead atoms. The summed E-state index contributed by atoms with van der Waals surface area (Å²) in [7, 11) is 1.58. The number of hydrogen-bond donors (Lipinski definition) is 1. The quantitative estimate of drug-likeness (QED) is 0.180. The van der Waals surface area contributed by atoms with E-state index >= 15 is 0 Å². The Balaban J connectivity index is 1.64. The summed E-state index contributed by atoms with van der Waals surface area (Å²) in [6.45, 7) is 3.17. The van der Waals surface area contributed by atoms with Gasteiger partial charge in [-0.15, -0.1) is 5.10 Å². The standard InChI is InChI=1S/C26H25N5O6/c1-3-36-13-14-37-26-28-24(18-7-5-12-23(16-18)35-2)30(29-26)21-10-6-9-20(17-21)27-25(32)19-8-4-11-22(15-19)31(33)34/h4-12,15-17H,3,13-14H2,1-2H3,(H,27,32). The van der Waals surface area contributed by atoms with Gasteiger partial charge in [0.2, 0.25) is 0 Å². The molecule has 0 saturated carbocycles. The average Bonchev–Trinajstić information content (AvgIpc) is 3.36. The first kappa shape index (κ1) is 25.3. The van der Waals surface area contributed by atoms with E-state index < -0.39 is 10.8 Å². The average molecular weight is 504 g/mol. The van der Waals surface area contributed by atoms with Crippen LogP contribution in [0.1, 0.15) is 17.3 Å². The van der Waals surface area contributed by atoms with E-state index in [9.17, 15) is 14.9 Å². The minimum Gasteiger partial charge on any atom is -0.497 e. The molecule has 0 aliphatic rings. The van der Waals surface area contributed by atoms with Gasteiger partial charge in [-0.05, 0) is 43.3 Å². The molecule has 0 atom stereocenters. The summed E-state index contributed by atoms with van der Waals surface area (Å²) < 4.78 is 18.0.